The summed E-state index contributed by atoms with van der Waals surface area (Å²) in [6.07, 6.45) is 6.59. The van der Waals surface area contributed by atoms with E-state index in [1.165, 1.54) is 25.7 Å². The van der Waals surface area contributed by atoms with E-state index in [0.717, 1.165) is 44.8 Å². The molecular weight excluding hydrogens is 416 g/mol. The Morgan fingerprint density at radius 1 is 0.844 bits per heavy atom. The number of rotatable bonds is 10. The molecule has 1 aromatic carbocycles. The minimum absolute atomic E-state index is 0.101. The molecule has 2 atom stereocenters. The third-order valence-corrected chi connectivity index (χ3v) is 4.66. The van der Waals surface area contributed by atoms with Gasteiger partial charge in [0.1, 0.15) is 12.7 Å². The van der Waals surface area contributed by atoms with Crippen LogP contribution in [0.25, 0.3) is 0 Å². The van der Waals surface area contributed by atoms with Crippen LogP contribution in [0.15, 0.2) is 30.3 Å². The highest BCUT2D eigenvalue weighted by molar-refractivity contribution is 5.13. The fraction of sp³-hybridized carbons (Fsp3) is 0.750. The SMILES string of the molecule is CCOC1CCCCO1.CCOC1CCCCO1.OCC(CO)OOCc1ccccc1. The molecule has 2 saturated heterocycles. The summed E-state index contributed by atoms with van der Waals surface area (Å²) in [5.41, 5.74) is 0.974. The first-order chi connectivity index (χ1) is 15.7. The van der Waals surface area contributed by atoms with Crippen LogP contribution in [0.5, 0.6) is 0 Å². The number of hydrogen-bond acceptors (Lipinski definition) is 8. The fourth-order valence-corrected chi connectivity index (χ4v) is 2.95. The van der Waals surface area contributed by atoms with Crippen molar-refractivity contribution in [2.24, 2.45) is 0 Å². The van der Waals surface area contributed by atoms with E-state index in [2.05, 4.69) is 0 Å². The Morgan fingerprint density at radius 3 is 1.78 bits per heavy atom. The highest BCUT2D eigenvalue weighted by Crippen LogP contribution is 2.13. The van der Waals surface area contributed by atoms with E-state index in [4.69, 9.17) is 38.9 Å². The summed E-state index contributed by atoms with van der Waals surface area (Å²) in [5.74, 6) is 0. The summed E-state index contributed by atoms with van der Waals surface area (Å²) in [7, 11) is 0. The normalized spacial score (nSPS) is 20.7. The molecule has 0 amide bonds. The maximum absolute atomic E-state index is 8.66. The molecule has 0 spiro atoms. The van der Waals surface area contributed by atoms with E-state index in [-0.39, 0.29) is 25.8 Å². The van der Waals surface area contributed by atoms with Crippen LogP contribution in [0, 0.1) is 0 Å². The lowest BCUT2D eigenvalue weighted by molar-refractivity contribution is -0.341. The Hall–Kier alpha value is -1.10. The zero-order valence-electron chi connectivity index (χ0n) is 19.7. The van der Waals surface area contributed by atoms with E-state index in [0.29, 0.717) is 6.61 Å². The van der Waals surface area contributed by atoms with Gasteiger partial charge in [-0.05, 0) is 57.9 Å². The fourth-order valence-electron chi connectivity index (χ4n) is 2.95. The molecule has 0 aromatic heterocycles. The molecule has 2 heterocycles. The molecule has 0 aliphatic carbocycles. The van der Waals surface area contributed by atoms with E-state index >= 15 is 0 Å². The van der Waals surface area contributed by atoms with Crippen LogP contribution in [-0.4, -0.2) is 68.5 Å². The van der Waals surface area contributed by atoms with Crippen molar-refractivity contribution in [3.8, 4) is 0 Å². The lowest BCUT2D eigenvalue weighted by Gasteiger charge is -2.21. The maximum Gasteiger partial charge on any atom is 0.157 e. The van der Waals surface area contributed by atoms with Gasteiger partial charge in [0.15, 0.2) is 12.6 Å². The quantitative estimate of drug-likeness (QED) is 0.406. The Balaban J connectivity index is 0.000000250. The number of aliphatic hydroxyl groups excluding tert-OH is 2. The number of benzene rings is 1. The lowest BCUT2D eigenvalue weighted by Crippen LogP contribution is -2.22. The summed E-state index contributed by atoms with van der Waals surface area (Å²) in [5, 5.41) is 17.3. The molecule has 3 rings (SSSR count). The second-order valence-corrected chi connectivity index (χ2v) is 7.33. The maximum atomic E-state index is 8.66. The van der Waals surface area contributed by atoms with Crippen molar-refractivity contribution >= 4 is 0 Å². The molecule has 2 N–H and O–H groups in total. The predicted molar refractivity (Wildman–Crippen MR) is 121 cm³/mol. The zero-order valence-corrected chi connectivity index (χ0v) is 19.7. The van der Waals surface area contributed by atoms with Crippen LogP contribution in [0.3, 0.4) is 0 Å². The van der Waals surface area contributed by atoms with Crippen molar-refractivity contribution < 1.29 is 38.9 Å². The monoisotopic (exact) mass is 458 g/mol. The summed E-state index contributed by atoms with van der Waals surface area (Å²) in [6.45, 7) is 7.08. The van der Waals surface area contributed by atoms with E-state index in [1.54, 1.807) is 0 Å². The molecule has 2 unspecified atom stereocenters. The van der Waals surface area contributed by atoms with Crippen molar-refractivity contribution in [2.75, 3.05) is 39.6 Å². The van der Waals surface area contributed by atoms with Crippen molar-refractivity contribution in [2.45, 2.75) is 77.7 Å². The predicted octanol–water partition coefficient (Wildman–Crippen LogP) is 3.59. The van der Waals surface area contributed by atoms with Gasteiger partial charge in [0.25, 0.3) is 0 Å². The third kappa shape index (κ3) is 14.9. The number of hydrogen-bond donors (Lipinski definition) is 2. The second kappa shape index (κ2) is 20.5. The first kappa shape index (κ1) is 28.9. The van der Waals surface area contributed by atoms with E-state index in [1.807, 2.05) is 44.2 Å². The largest absolute Gasteiger partial charge is 0.393 e. The number of aliphatic hydroxyl groups is 2. The summed E-state index contributed by atoms with van der Waals surface area (Å²) in [6, 6.07) is 9.50. The van der Waals surface area contributed by atoms with Gasteiger partial charge in [0, 0.05) is 26.4 Å². The Morgan fingerprint density at radius 2 is 1.38 bits per heavy atom. The van der Waals surface area contributed by atoms with Crippen molar-refractivity contribution in [1.29, 1.82) is 0 Å². The molecule has 0 bridgehead atoms. The minimum Gasteiger partial charge on any atom is -0.393 e. The lowest BCUT2D eigenvalue weighted by atomic mass is 10.2. The van der Waals surface area contributed by atoms with E-state index in [9.17, 15) is 0 Å². The molecular formula is C24H42O8. The first-order valence-electron chi connectivity index (χ1n) is 11.7. The number of ether oxygens (including phenoxy) is 4. The van der Waals surface area contributed by atoms with Gasteiger partial charge in [-0.3, -0.25) is 0 Å². The zero-order chi connectivity index (χ0) is 23.3. The van der Waals surface area contributed by atoms with Gasteiger partial charge in [0.2, 0.25) is 0 Å². The summed E-state index contributed by atoms with van der Waals surface area (Å²) >= 11 is 0. The Labute approximate surface area is 192 Å². The van der Waals surface area contributed by atoms with Gasteiger partial charge in [0.05, 0.1) is 13.2 Å². The topological polar surface area (TPSA) is 95.8 Å². The molecule has 32 heavy (non-hydrogen) atoms. The van der Waals surface area contributed by atoms with Gasteiger partial charge in [-0.15, -0.1) is 0 Å². The van der Waals surface area contributed by atoms with Crippen LogP contribution in [0.1, 0.15) is 57.9 Å². The summed E-state index contributed by atoms with van der Waals surface area (Å²) < 4.78 is 21.1. The van der Waals surface area contributed by atoms with Crippen LogP contribution >= 0.6 is 0 Å². The van der Waals surface area contributed by atoms with Gasteiger partial charge >= 0.3 is 0 Å². The van der Waals surface area contributed by atoms with Gasteiger partial charge in [-0.25, -0.2) is 9.78 Å². The molecule has 2 fully saturated rings. The average Bonchev–Trinajstić information content (AvgIpc) is 2.85. The molecule has 0 radical (unpaired) electrons. The van der Waals surface area contributed by atoms with Crippen molar-refractivity contribution in [1.82, 2.24) is 0 Å². The highest BCUT2D eigenvalue weighted by atomic mass is 17.2. The van der Waals surface area contributed by atoms with Crippen LogP contribution < -0.4 is 0 Å². The van der Waals surface area contributed by atoms with Gasteiger partial charge < -0.3 is 29.2 Å². The van der Waals surface area contributed by atoms with E-state index < -0.39 is 6.10 Å². The van der Waals surface area contributed by atoms with Crippen LogP contribution in [0.4, 0.5) is 0 Å². The average molecular weight is 459 g/mol. The standard InChI is InChI=1S/C10H14O4.2C7H14O2/c11-6-10(7-12)14-13-8-9-4-2-1-3-5-9;2*1-2-8-7-5-3-4-6-9-7/h1-5,10-12H,6-8H2;2*7H,2-6H2,1H3. The van der Waals surface area contributed by atoms with Gasteiger partial charge in [-0.2, -0.15) is 0 Å². The van der Waals surface area contributed by atoms with Crippen molar-refractivity contribution in [3.63, 3.8) is 0 Å². The Bertz CT molecular complexity index is 474. The smallest absolute Gasteiger partial charge is 0.157 e. The molecule has 0 saturated carbocycles. The molecule has 2 aliphatic heterocycles. The minimum atomic E-state index is -0.668. The molecule has 1 aromatic rings. The second-order valence-electron chi connectivity index (χ2n) is 7.33. The molecule has 8 nitrogen and oxygen atoms in total. The third-order valence-electron chi connectivity index (χ3n) is 4.66. The van der Waals surface area contributed by atoms with Crippen LogP contribution in [-0.2, 0) is 35.3 Å². The molecule has 8 heteroatoms. The van der Waals surface area contributed by atoms with Gasteiger partial charge in [-0.1, -0.05) is 30.3 Å². The highest BCUT2D eigenvalue weighted by Gasteiger charge is 2.12. The molecule has 2 aliphatic rings. The first-order valence-corrected chi connectivity index (χ1v) is 11.7. The summed E-state index contributed by atoms with van der Waals surface area (Å²) in [4.78, 5) is 9.59. The van der Waals surface area contributed by atoms with Crippen molar-refractivity contribution in [3.05, 3.63) is 35.9 Å². The Kier molecular flexibility index (Phi) is 18.5. The van der Waals surface area contributed by atoms with Crippen LogP contribution in [0.2, 0.25) is 0 Å². The molecule has 186 valence electrons.